The van der Waals surface area contributed by atoms with Crippen LogP contribution in [0.4, 0.5) is 11.8 Å². The quantitative estimate of drug-likeness (QED) is 0.463. The summed E-state index contributed by atoms with van der Waals surface area (Å²) in [4.78, 5) is 14.7. The minimum absolute atomic E-state index is 0.199. The van der Waals surface area contributed by atoms with Gasteiger partial charge in [0.25, 0.3) is 0 Å². The second-order valence-corrected chi connectivity index (χ2v) is 6.78. The normalized spacial score (nSPS) is 24.7. The van der Waals surface area contributed by atoms with Gasteiger partial charge in [-0.3, -0.25) is 4.57 Å². The minimum Gasteiger partial charge on any atom is -0.394 e. The third kappa shape index (κ3) is 3.06. The maximum absolute atomic E-state index is 10.5. The third-order valence-corrected chi connectivity index (χ3v) is 4.86. The molecule has 0 spiro atoms. The number of nitrogens with two attached hydrogens (primary N) is 1. The van der Waals surface area contributed by atoms with Crippen LogP contribution in [0.3, 0.4) is 0 Å². The summed E-state index contributed by atoms with van der Waals surface area (Å²) in [6.07, 6.45) is -3.10. The fourth-order valence-electron chi connectivity index (χ4n) is 3.44. The zero-order valence-electron chi connectivity index (χ0n) is 15.3. The second-order valence-electron chi connectivity index (χ2n) is 6.78. The molecule has 0 amide bonds. The number of anilines is 2. The number of aromatic nitrogens is 4. The van der Waals surface area contributed by atoms with E-state index in [9.17, 15) is 15.3 Å². The van der Waals surface area contributed by atoms with E-state index in [1.807, 2.05) is 42.3 Å². The van der Waals surface area contributed by atoms with Crippen LogP contribution in [0.5, 0.6) is 0 Å². The van der Waals surface area contributed by atoms with Gasteiger partial charge in [-0.05, 0) is 5.56 Å². The number of imidazole rings is 1. The molecule has 5 N–H and O–H groups in total. The lowest BCUT2D eigenvalue weighted by atomic mass is 10.1. The van der Waals surface area contributed by atoms with Crippen LogP contribution in [-0.4, -0.2) is 66.8 Å². The fraction of sp³-hybridized carbons (Fsp3) is 0.389. The van der Waals surface area contributed by atoms with Crippen molar-refractivity contribution in [3.63, 3.8) is 0 Å². The molecule has 0 radical (unpaired) electrons. The first-order valence-electron chi connectivity index (χ1n) is 8.87. The lowest BCUT2D eigenvalue weighted by Gasteiger charge is -2.24. The molecule has 1 aromatic carbocycles. The van der Waals surface area contributed by atoms with Gasteiger partial charge >= 0.3 is 0 Å². The van der Waals surface area contributed by atoms with Crippen molar-refractivity contribution < 1.29 is 20.1 Å². The number of nitrogens with zero attached hydrogens (tertiary/aromatic N) is 5. The molecule has 3 heterocycles. The molecule has 1 saturated heterocycles. The summed E-state index contributed by atoms with van der Waals surface area (Å²) in [6.45, 7) is 0.111. The Hall–Kier alpha value is -2.79. The van der Waals surface area contributed by atoms with E-state index in [4.69, 9.17) is 10.5 Å². The van der Waals surface area contributed by atoms with Crippen LogP contribution >= 0.6 is 0 Å². The van der Waals surface area contributed by atoms with E-state index in [0.29, 0.717) is 23.7 Å². The van der Waals surface area contributed by atoms with Gasteiger partial charge in [0.05, 0.1) is 6.61 Å². The van der Waals surface area contributed by atoms with Crippen LogP contribution in [0.2, 0.25) is 0 Å². The molecule has 4 rings (SSSR count). The molecule has 1 aliphatic heterocycles. The molecule has 28 heavy (non-hydrogen) atoms. The maximum Gasteiger partial charge on any atom is 0.210 e. The summed E-state index contributed by atoms with van der Waals surface area (Å²) >= 11 is 0. The topological polar surface area (TPSA) is 143 Å². The SMILES string of the molecule is CN(Cc1ccccc1)c1nc2c(N)ncnc2n1[C@@H]1O[C@H](CO)[C@@H](O)[C@H]1O. The molecule has 10 nitrogen and oxygen atoms in total. The number of hydrogen-bond donors (Lipinski definition) is 4. The summed E-state index contributed by atoms with van der Waals surface area (Å²) in [7, 11) is 1.84. The zero-order chi connectivity index (χ0) is 19.8. The predicted octanol–water partition coefficient (Wildman–Crippen LogP) is -0.344. The number of aliphatic hydroxyl groups excluding tert-OH is 3. The van der Waals surface area contributed by atoms with E-state index in [2.05, 4.69) is 15.0 Å². The van der Waals surface area contributed by atoms with Crippen LogP contribution in [-0.2, 0) is 11.3 Å². The van der Waals surface area contributed by atoms with Gasteiger partial charge in [0.2, 0.25) is 5.95 Å². The fourth-order valence-corrected chi connectivity index (χ4v) is 3.44. The summed E-state index contributed by atoms with van der Waals surface area (Å²) < 4.78 is 7.30. The highest BCUT2D eigenvalue weighted by atomic mass is 16.6. The molecule has 0 unspecified atom stereocenters. The van der Waals surface area contributed by atoms with Crippen LogP contribution < -0.4 is 10.6 Å². The van der Waals surface area contributed by atoms with Gasteiger partial charge in [0.1, 0.15) is 24.6 Å². The van der Waals surface area contributed by atoms with Crippen LogP contribution in [0.25, 0.3) is 11.2 Å². The van der Waals surface area contributed by atoms with E-state index in [1.54, 1.807) is 4.57 Å². The molecule has 2 aromatic heterocycles. The number of fused-ring (bicyclic) bond motifs is 1. The zero-order valence-corrected chi connectivity index (χ0v) is 15.3. The molecule has 10 heteroatoms. The Balaban J connectivity index is 1.80. The number of nitrogen functional groups attached to an aromatic ring is 1. The molecule has 0 saturated carbocycles. The van der Waals surface area contributed by atoms with E-state index in [1.165, 1.54) is 6.33 Å². The Morgan fingerprint density at radius 1 is 1.18 bits per heavy atom. The highest BCUT2D eigenvalue weighted by Gasteiger charge is 2.45. The molecule has 4 atom stereocenters. The van der Waals surface area contributed by atoms with Crippen molar-refractivity contribution in [1.29, 1.82) is 0 Å². The molecular weight excluding hydrogens is 364 g/mol. The van der Waals surface area contributed by atoms with Gasteiger partial charge in [-0.15, -0.1) is 0 Å². The van der Waals surface area contributed by atoms with Gasteiger partial charge < -0.3 is 30.7 Å². The highest BCUT2D eigenvalue weighted by Crippen LogP contribution is 2.36. The number of benzene rings is 1. The van der Waals surface area contributed by atoms with Crippen molar-refractivity contribution in [1.82, 2.24) is 19.5 Å². The van der Waals surface area contributed by atoms with Gasteiger partial charge in [0, 0.05) is 13.6 Å². The summed E-state index contributed by atoms with van der Waals surface area (Å²) in [5.41, 5.74) is 7.77. The largest absolute Gasteiger partial charge is 0.394 e. The van der Waals surface area contributed by atoms with Crippen molar-refractivity contribution in [3.8, 4) is 0 Å². The molecule has 3 aromatic rings. The highest BCUT2D eigenvalue weighted by molar-refractivity contribution is 5.84. The minimum atomic E-state index is -1.27. The molecule has 0 bridgehead atoms. The molecule has 148 valence electrons. The van der Waals surface area contributed by atoms with Crippen molar-refractivity contribution in [2.24, 2.45) is 0 Å². The first-order valence-corrected chi connectivity index (χ1v) is 8.87. The summed E-state index contributed by atoms with van der Waals surface area (Å²) in [5, 5.41) is 30.1. The molecule has 0 aliphatic carbocycles. The van der Waals surface area contributed by atoms with Gasteiger partial charge in [-0.1, -0.05) is 30.3 Å². The van der Waals surface area contributed by atoms with Crippen molar-refractivity contribution in [3.05, 3.63) is 42.2 Å². The number of ether oxygens (including phenoxy) is 1. The van der Waals surface area contributed by atoms with E-state index < -0.39 is 31.1 Å². The predicted molar refractivity (Wildman–Crippen MR) is 101 cm³/mol. The van der Waals surface area contributed by atoms with Crippen LogP contribution in [0, 0.1) is 0 Å². The summed E-state index contributed by atoms with van der Waals surface area (Å²) in [5.74, 6) is 0.644. The van der Waals surface area contributed by atoms with Gasteiger partial charge in [-0.2, -0.15) is 0 Å². The maximum atomic E-state index is 10.5. The number of aliphatic hydroxyl groups is 3. The number of hydrogen-bond acceptors (Lipinski definition) is 9. The standard InChI is InChI=1S/C18H22N6O4/c1-23(7-10-5-3-2-4-6-10)18-22-12-15(19)20-9-21-16(12)24(18)17-14(27)13(26)11(8-25)28-17/h2-6,9,11,13-14,17,25-27H,7-8H2,1H3,(H2,19,20,21)/t11-,13-,14-,17-/m1/s1. The lowest BCUT2D eigenvalue weighted by Crippen LogP contribution is -2.33. The van der Waals surface area contributed by atoms with E-state index in [0.717, 1.165) is 5.56 Å². The second kappa shape index (κ2) is 7.32. The van der Waals surface area contributed by atoms with Crippen molar-refractivity contribution in [2.45, 2.75) is 31.1 Å². The smallest absolute Gasteiger partial charge is 0.210 e. The van der Waals surface area contributed by atoms with E-state index in [-0.39, 0.29) is 5.82 Å². The van der Waals surface area contributed by atoms with Crippen molar-refractivity contribution in [2.75, 3.05) is 24.3 Å². The average Bonchev–Trinajstić information content (AvgIpc) is 3.22. The Kier molecular flexibility index (Phi) is 4.85. The Morgan fingerprint density at radius 3 is 2.61 bits per heavy atom. The van der Waals surface area contributed by atoms with Crippen molar-refractivity contribution >= 4 is 22.9 Å². The molecular formula is C18H22N6O4. The van der Waals surface area contributed by atoms with E-state index >= 15 is 0 Å². The van der Waals surface area contributed by atoms with Crippen LogP contribution in [0.15, 0.2) is 36.7 Å². The summed E-state index contributed by atoms with van der Waals surface area (Å²) in [6, 6.07) is 9.81. The lowest BCUT2D eigenvalue weighted by molar-refractivity contribution is -0.0504. The first-order chi connectivity index (χ1) is 13.5. The van der Waals surface area contributed by atoms with Gasteiger partial charge in [0.15, 0.2) is 23.2 Å². The van der Waals surface area contributed by atoms with Gasteiger partial charge in [-0.25, -0.2) is 15.0 Å². The first kappa shape index (κ1) is 18.6. The Labute approximate surface area is 160 Å². The Morgan fingerprint density at radius 2 is 1.93 bits per heavy atom. The average molecular weight is 386 g/mol. The molecule has 1 aliphatic rings. The monoisotopic (exact) mass is 386 g/mol. The number of rotatable bonds is 5. The Bertz CT molecular complexity index is 965. The molecule has 1 fully saturated rings. The van der Waals surface area contributed by atoms with Crippen LogP contribution in [0.1, 0.15) is 11.8 Å². The third-order valence-electron chi connectivity index (χ3n) is 4.86.